The molecule has 1 saturated heterocycles. The van der Waals surface area contributed by atoms with Crippen molar-refractivity contribution in [2.75, 3.05) is 19.6 Å². The van der Waals surface area contributed by atoms with E-state index in [0.717, 1.165) is 24.4 Å². The van der Waals surface area contributed by atoms with Gasteiger partial charge >= 0.3 is 0 Å². The van der Waals surface area contributed by atoms with E-state index in [9.17, 15) is 9.59 Å². The predicted octanol–water partition coefficient (Wildman–Crippen LogP) is 2.15. The van der Waals surface area contributed by atoms with Crippen molar-refractivity contribution in [1.82, 2.24) is 20.0 Å². The number of piperidine rings is 1. The van der Waals surface area contributed by atoms with Crippen LogP contribution in [-0.2, 0) is 11.3 Å². The van der Waals surface area contributed by atoms with Crippen molar-refractivity contribution in [2.45, 2.75) is 39.7 Å². The Morgan fingerprint density at radius 2 is 2.08 bits per heavy atom. The Hall–Kier alpha value is -2.57. The molecule has 1 fully saturated rings. The van der Waals surface area contributed by atoms with E-state index in [1.54, 1.807) is 11.0 Å². The van der Waals surface area contributed by atoms with Gasteiger partial charge in [0, 0.05) is 37.8 Å². The molecule has 0 radical (unpaired) electrons. The number of carbonyl (C=O) groups is 2. The zero-order valence-corrected chi connectivity index (χ0v) is 15.4. The van der Waals surface area contributed by atoms with Crippen LogP contribution in [0.1, 0.15) is 41.0 Å². The van der Waals surface area contributed by atoms with Gasteiger partial charge in [-0.25, -0.2) is 0 Å². The number of likely N-dealkylation sites (tertiary alicyclic amines) is 1. The van der Waals surface area contributed by atoms with Crippen LogP contribution in [0.3, 0.4) is 0 Å². The molecule has 2 aromatic heterocycles. The van der Waals surface area contributed by atoms with Crippen LogP contribution in [0.2, 0.25) is 0 Å². The summed E-state index contributed by atoms with van der Waals surface area (Å²) in [5.41, 5.74) is 2.73. The molecule has 2 amide bonds. The summed E-state index contributed by atoms with van der Waals surface area (Å²) in [7, 11) is 0. The van der Waals surface area contributed by atoms with Gasteiger partial charge in [0.2, 0.25) is 5.91 Å². The van der Waals surface area contributed by atoms with Gasteiger partial charge in [0.25, 0.3) is 5.91 Å². The summed E-state index contributed by atoms with van der Waals surface area (Å²) in [5.74, 6) is 0.0494. The Bertz CT molecular complexity index is 743. The first-order valence-corrected chi connectivity index (χ1v) is 9.15. The SMILES string of the molecule is Cc1cc(C)n(CCCNC(=O)C2CCN(C(=O)c3ccoc3)CC2)n1. The maximum atomic E-state index is 12.3. The van der Waals surface area contributed by atoms with Crippen molar-refractivity contribution in [3.8, 4) is 0 Å². The van der Waals surface area contributed by atoms with E-state index >= 15 is 0 Å². The largest absolute Gasteiger partial charge is 0.472 e. The van der Waals surface area contributed by atoms with E-state index in [1.165, 1.54) is 12.5 Å². The predicted molar refractivity (Wildman–Crippen MR) is 96.7 cm³/mol. The minimum atomic E-state index is -0.0255. The van der Waals surface area contributed by atoms with Gasteiger partial charge in [-0.05, 0) is 45.2 Å². The van der Waals surface area contributed by atoms with E-state index < -0.39 is 0 Å². The number of hydrogen-bond acceptors (Lipinski definition) is 4. The third-order valence-electron chi connectivity index (χ3n) is 4.87. The molecule has 0 saturated carbocycles. The first-order valence-electron chi connectivity index (χ1n) is 9.15. The van der Waals surface area contributed by atoms with Gasteiger partial charge in [-0.15, -0.1) is 0 Å². The Morgan fingerprint density at radius 1 is 1.31 bits per heavy atom. The molecule has 3 heterocycles. The summed E-state index contributed by atoms with van der Waals surface area (Å²) < 4.78 is 6.94. The normalized spacial score (nSPS) is 15.2. The van der Waals surface area contributed by atoms with Crippen LogP contribution in [-0.4, -0.2) is 46.1 Å². The standard InChI is InChI=1S/C19H26N4O3/c1-14-12-15(2)23(21-14)8-3-7-20-18(24)16-4-9-22(10-5-16)19(25)17-6-11-26-13-17/h6,11-13,16H,3-5,7-10H2,1-2H3,(H,20,24). The lowest BCUT2D eigenvalue weighted by Crippen LogP contribution is -2.43. The van der Waals surface area contributed by atoms with Crippen molar-refractivity contribution in [1.29, 1.82) is 0 Å². The maximum absolute atomic E-state index is 12.3. The fraction of sp³-hybridized carbons (Fsp3) is 0.526. The first-order chi connectivity index (χ1) is 12.5. The van der Waals surface area contributed by atoms with Crippen molar-refractivity contribution in [3.05, 3.63) is 41.6 Å². The molecule has 0 atom stereocenters. The second-order valence-corrected chi connectivity index (χ2v) is 6.87. The van der Waals surface area contributed by atoms with E-state index in [1.807, 2.05) is 18.5 Å². The monoisotopic (exact) mass is 358 g/mol. The molecule has 1 aliphatic heterocycles. The number of hydrogen-bond donors (Lipinski definition) is 1. The molecule has 26 heavy (non-hydrogen) atoms. The Morgan fingerprint density at radius 3 is 2.69 bits per heavy atom. The van der Waals surface area contributed by atoms with Gasteiger partial charge in [0.15, 0.2) is 0 Å². The van der Waals surface area contributed by atoms with Gasteiger partial charge in [-0.1, -0.05) is 0 Å². The number of nitrogens with one attached hydrogen (secondary N) is 1. The molecule has 0 spiro atoms. The summed E-state index contributed by atoms with van der Waals surface area (Å²) in [4.78, 5) is 26.4. The summed E-state index contributed by atoms with van der Waals surface area (Å²) in [6.07, 6.45) is 5.22. The van der Waals surface area contributed by atoms with Crippen LogP contribution in [0.4, 0.5) is 0 Å². The zero-order chi connectivity index (χ0) is 18.5. The highest BCUT2D eigenvalue weighted by Gasteiger charge is 2.27. The van der Waals surface area contributed by atoms with Gasteiger partial charge < -0.3 is 14.6 Å². The summed E-state index contributed by atoms with van der Waals surface area (Å²) in [6, 6.07) is 3.72. The smallest absolute Gasteiger partial charge is 0.257 e. The average Bonchev–Trinajstić information content (AvgIpc) is 3.28. The van der Waals surface area contributed by atoms with Gasteiger partial charge in [-0.3, -0.25) is 14.3 Å². The summed E-state index contributed by atoms with van der Waals surface area (Å²) in [5, 5.41) is 7.44. The fourth-order valence-corrected chi connectivity index (χ4v) is 3.40. The number of aryl methyl sites for hydroxylation is 3. The van der Waals surface area contributed by atoms with Crippen LogP contribution in [0.25, 0.3) is 0 Å². The number of furan rings is 1. The van der Waals surface area contributed by atoms with E-state index in [-0.39, 0.29) is 17.7 Å². The second kappa shape index (κ2) is 8.21. The molecular weight excluding hydrogens is 332 g/mol. The molecule has 3 rings (SSSR count). The van der Waals surface area contributed by atoms with E-state index in [2.05, 4.69) is 16.5 Å². The Kier molecular flexibility index (Phi) is 5.75. The van der Waals surface area contributed by atoms with E-state index in [0.29, 0.717) is 38.0 Å². The number of carbonyl (C=O) groups excluding carboxylic acids is 2. The molecular formula is C19H26N4O3. The fourth-order valence-electron chi connectivity index (χ4n) is 3.40. The lowest BCUT2D eigenvalue weighted by Gasteiger charge is -2.31. The van der Waals surface area contributed by atoms with Gasteiger partial charge in [0.05, 0.1) is 17.5 Å². The lowest BCUT2D eigenvalue weighted by atomic mass is 9.95. The molecule has 1 N–H and O–H groups in total. The van der Waals surface area contributed by atoms with Crippen molar-refractivity contribution >= 4 is 11.8 Å². The van der Waals surface area contributed by atoms with Crippen LogP contribution in [0, 0.1) is 19.8 Å². The van der Waals surface area contributed by atoms with Crippen LogP contribution >= 0.6 is 0 Å². The van der Waals surface area contributed by atoms with Crippen molar-refractivity contribution in [3.63, 3.8) is 0 Å². The van der Waals surface area contributed by atoms with Crippen LogP contribution < -0.4 is 5.32 Å². The molecule has 7 nitrogen and oxygen atoms in total. The highest BCUT2D eigenvalue weighted by Crippen LogP contribution is 2.19. The molecule has 0 bridgehead atoms. The second-order valence-electron chi connectivity index (χ2n) is 6.87. The molecule has 1 aliphatic rings. The minimum absolute atomic E-state index is 0.0166. The zero-order valence-electron chi connectivity index (χ0n) is 15.4. The summed E-state index contributed by atoms with van der Waals surface area (Å²) in [6.45, 7) is 6.68. The molecule has 140 valence electrons. The third-order valence-corrected chi connectivity index (χ3v) is 4.87. The van der Waals surface area contributed by atoms with Crippen molar-refractivity contribution < 1.29 is 14.0 Å². The Labute approximate surface area is 153 Å². The van der Waals surface area contributed by atoms with Crippen LogP contribution in [0.5, 0.6) is 0 Å². The molecule has 0 aromatic carbocycles. The van der Waals surface area contributed by atoms with Gasteiger partial charge in [0.1, 0.15) is 6.26 Å². The summed E-state index contributed by atoms with van der Waals surface area (Å²) >= 11 is 0. The topological polar surface area (TPSA) is 80.4 Å². The van der Waals surface area contributed by atoms with E-state index in [4.69, 9.17) is 4.42 Å². The number of nitrogens with zero attached hydrogens (tertiary/aromatic N) is 3. The number of aromatic nitrogens is 2. The Balaban J connectivity index is 1.37. The third kappa shape index (κ3) is 4.33. The minimum Gasteiger partial charge on any atom is -0.472 e. The average molecular weight is 358 g/mol. The maximum Gasteiger partial charge on any atom is 0.257 e. The van der Waals surface area contributed by atoms with Crippen LogP contribution in [0.15, 0.2) is 29.1 Å². The molecule has 7 heteroatoms. The molecule has 0 aliphatic carbocycles. The quantitative estimate of drug-likeness (QED) is 0.803. The van der Waals surface area contributed by atoms with Crippen molar-refractivity contribution in [2.24, 2.45) is 5.92 Å². The van der Waals surface area contributed by atoms with Gasteiger partial charge in [-0.2, -0.15) is 5.10 Å². The molecule has 0 unspecified atom stereocenters. The highest BCUT2D eigenvalue weighted by atomic mass is 16.3. The highest BCUT2D eigenvalue weighted by molar-refractivity contribution is 5.94. The first kappa shape index (κ1) is 18.2. The molecule has 2 aromatic rings. The number of rotatable bonds is 6. The lowest BCUT2D eigenvalue weighted by molar-refractivity contribution is -0.126. The number of amides is 2.